The largest absolute Gasteiger partial charge is 0.212 e. The Morgan fingerprint density at radius 2 is 2.09 bits per heavy atom. The van der Waals surface area contributed by atoms with Crippen molar-refractivity contribution < 1.29 is 4.21 Å². The molecule has 0 heterocycles. The molecule has 1 aromatic rings. The zero-order chi connectivity index (χ0) is 8.27. The van der Waals surface area contributed by atoms with E-state index in [4.69, 9.17) is 0 Å². The fourth-order valence-electron chi connectivity index (χ4n) is 0.907. The highest BCUT2D eigenvalue weighted by Gasteiger charge is 1.96. The maximum Gasteiger partial charge on any atom is 0.0988 e. The zero-order valence-corrected chi connectivity index (χ0v) is 7.37. The van der Waals surface area contributed by atoms with Gasteiger partial charge in [0.1, 0.15) is 0 Å². The second kappa shape index (κ2) is 3.49. The highest BCUT2D eigenvalue weighted by atomic mass is 32.1. The summed E-state index contributed by atoms with van der Waals surface area (Å²) in [4.78, 5) is 0. The molecule has 57 valence electrons. The van der Waals surface area contributed by atoms with Gasteiger partial charge in [-0.2, -0.15) is 0 Å². The maximum absolute atomic E-state index is 10.2. The van der Waals surface area contributed by atoms with Crippen molar-refractivity contribution in [3.63, 3.8) is 0 Å². The van der Waals surface area contributed by atoms with Gasteiger partial charge in [-0.1, -0.05) is 18.2 Å². The highest BCUT2D eigenvalue weighted by Crippen LogP contribution is 2.09. The second-order valence-electron chi connectivity index (χ2n) is 2.43. The summed E-state index contributed by atoms with van der Waals surface area (Å²) in [5, 5.41) is 2.68. The summed E-state index contributed by atoms with van der Waals surface area (Å²) in [5.41, 5.74) is 3.24. The van der Waals surface area contributed by atoms with E-state index in [9.17, 15) is 4.21 Å². The van der Waals surface area contributed by atoms with Crippen molar-refractivity contribution in [1.29, 1.82) is 0 Å². The van der Waals surface area contributed by atoms with Crippen molar-refractivity contribution in [2.75, 3.05) is 0 Å². The van der Waals surface area contributed by atoms with E-state index in [1.165, 1.54) is 5.56 Å². The Morgan fingerprint density at radius 3 is 2.73 bits per heavy atom. The maximum atomic E-state index is 10.2. The van der Waals surface area contributed by atoms with E-state index in [1.807, 2.05) is 32.0 Å². The van der Waals surface area contributed by atoms with Gasteiger partial charge in [0.05, 0.1) is 16.6 Å². The van der Waals surface area contributed by atoms with Gasteiger partial charge in [0.15, 0.2) is 0 Å². The molecule has 2 heteroatoms. The van der Waals surface area contributed by atoms with Crippen LogP contribution in [0.2, 0.25) is 0 Å². The Balaban J connectivity index is 3.26. The van der Waals surface area contributed by atoms with E-state index in [0.29, 0.717) is 11.3 Å². The molecule has 0 spiro atoms. The van der Waals surface area contributed by atoms with Crippen molar-refractivity contribution >= 4 is 16.6 Å². The predicted molar refractivity (Wildman–Crippen MR) is 48.2 cm³/mol. The molecule has 0 unspecified atom stereocenters. The van der Waals surface area contributed by atoms with Gasteiger partial charge in [0, 0.05) is 0 Å². The highest BCUT2D eigenvalue weighted by molar-refractivity contribution is 7.65. The molecule has 1 nitrogen and oxygen atoms in total. The molecule has 11 heavy (non-hydrogen) atoms. The van der Waals surface area contributed by atoms with E-state index < -0.39 is 0 Å². The summed E-state index contributed by atoms with van der Waals surface area (Å²) in [6.07, 6.45) is 0. The lowest BCUT2D eigenvalue weighted by Crippen LogP contribution is -1.88. The normalized spacial score (nSPS) is 9.27. The Labute approximate surface area is 70.1 Å². The van der Waals surface area contributed by atoms with Gasteiger partial charge in [0.2, 0.25) is 0 Å². The molecule has 0 aliphatic carbocycles. The summed E-state index contributed by atoms with van der Waals surface area (Å²) >= 11 is 0.378. The van der Waals surface area contributed by atoms with Crippen LogP contribution >= 0.6 is 0 Å². The summed E-state index contributed by atoms with van der Waals surface area (Å²) in [6, 6.07) is 5.85. The van der Waals surface area contributed by atoms with E-state index in [0.717, 1.165) is 11.1 Å². The molecule has 0 aromatic heterocycles. The monoisotopic (exact) mass is 165 g/mol. The van der Waals surface area contributed by atoms with Crippen molar-refractivity contribution in [1.82, 2.24) is 0 Å². The first-order valence-electron chi connectivity index (χ1n) is 3.36. The average Bonchev–Trinajstić information content (AvgIpc) is 1.99. The van der Waals surface area contributed by atoms with Crippen LogP contribution in [0.4, 0.5) is 0 Å². The number of aryl methyl sites for hydroxylation is 1. The number of hydrogen-bond donors (Lipinski definition) is 0. The van der Waals surface area contributed by atoms with Crippen molar-refractivity contribution in [2.45, 2.75) is 13.8 Å². The molecule has 0 bridgehead atoms. The van der Waals surface area contributed by atoms with Crippen LogP contribution in [0.15, 0.2) is 18.2 Å². The van der Waals surface area contributed by atoms with Gasteiger partial charge in [0.25, 0.3) is 0 Å². The van der Waals surface area contributed by atoms with Gasteiger partial charge < -0.3 is 0 Å². The summed E-state index contributed by atoms with van der Waals surface area (Å²) < 4.78 is 10.2. The van der Waals surface area contributed by atoms with E-state index in [-0.39, 0.29) is 0 Å². The first-order valence-corrected chi connectivity index (χ1v) is 4.11. The van der Waals surface area contributed by atoms with E-state index in [2.05, 4.69) is 5.37 Å². The standard InChI is InChI=1S/C9H9OS/c1-7-4-3-5-9(6-11-10)8(7)2/h3-5H,1-2H3. The first kappa shape index (κ1) is 8.21. The molecule has 1 aromatic carbocycles. The van der Waals surface area contributed by atoms with Gasteiger partial charge in [-0.05, 0) is 30.5 Å². The molecule has 0 fully saturated rings. The zero-order valence-electron chi connectivity index (χ0n) is 6.55. The summed E-state index contributed by atoms with van der Waals surface area (Å²) in [7, 11) is 0. The molecular weight excluding hydrogens is 156 g/mol. The molecule has 0 N–H and O–H groups in total. The third kappa shape index (κ3) is 1.77. The van der Waals surface area contributed by atoms with Gasteiger partial charge in [-0.25, -0.2) is 4.21 Å². The molecule has 0 aliphatic heterocycles. The molecule has 0 atom stereocenters. The lowest BCUT2D eigenvalue weighted by atomic mass is 10.1. The number of hydrogen-bond acceptors (Lipinski definition) is 1. The smallest absolute Gasteiger partial charge is 0.0988 e. The number of rotatable bonds is 1. The molecule has 0 saturated heterocycles. The van der Waals surface area contributed by atoms with Crippen LogP contribution in [0, 0.1) is 13.8 Å². The molecule has 0 aliphatic rings. The fraction of sp³-hybridized carbons (Fsp3) is 0.222. The third-order valence-corrected chi connectivity index (χ3v) is 2.06. The quantitative estimate of drug-likeness (QED) is 0.577. The summed E-state index contributed by atoms with van der Waals surface area (Å²) in [6.45, 7) is 4.02. The predicted octanol–water partition coefficient (Wildman–Crippen LogP) is 1.54. The van der Waals surface area contributed by atoms with Crippen LogP contribution in [-0.2, 0) is 11.3 Å². The van der Waals surface area contributed by atoms with Crippen LogP contribution in [0.25, 0.3) is 0 Å². The lowest BCUT2D eigenvalue weighted by Gasteiger charge is -2.00. The fourth-order valence-corrected chi connectivity index (χ4v) is 1.22. The van der Waals surface area contributed by atoms with Crippen LogP contribution < -0.4 is 0 Å². The Kier molecular flexibility index (Phi) is 2.60. The average molecular weight is 165 g/mol. The van der Waals surface area contributed by atoms with E-state index >= 15 is 0 Å². The van der Waals surface area contributed by atoms with Crippen LogP contribution in [0.5, 0.6) is 0 Å². The molecule has 1 rings (SSSR count). The Hall–Kier alpha value is -0.890. The Bertz CT molecular complexity index is 311. The van der Waals surface area contributed by atoms with Gasteiger partial charge >= 0.3 is 0 Å². The van der Waals surface area contributed by atoms with Crippen LogP contribution in [0.1, 0.15) is 16.7 Å². The molecule has 0 amide bonds. The van der Waals surface area contributed by atoms with Gasteiger partial charge in [-0.3, -0.25) is 0 Å². The topological polar surface area (TPSA) is 17.1 Å². The SMILES string of the molecule is Cc1cccc([C]=S=O)c1C. The first-order chi connectivity index (χ1) is 5.25. The molecule has 0 saturated carbocycles. The summed E-state index contributed by atoms with van der Waals surface area (Å²) in [5.74, 6) is 0. The van der Waals surface area contributed by atoms with Crippen molar-refractivity contribution in [3.8, 4) is 0 Å². The third-order valence-electron chi connectivity index (χ3n) is 1.76. The van der Waals surface area contributed by atoms with Gasteiger partial charge in [-0.15, -0.1) is 0 Å². The van der Waals surface area contributed by atoms with Crippen molar-refractivity contribution in [2.24, 2.45) is 0 Å². The van der Waals surface area contributed by atoms with Crippen LogP contribution in [-0.4, -0.2) is 9.58 Å². The van der Waals surface area contributed by atoms with E-state index in [1.54, 1.807) is 0 Å². The molecule has 1 radical (unpaired) electrons. The number of benzene rings is 1. The second-order valence-corrected chi connectivity index (χ2v) is 2.80. The molecular formula is C9H9OS. The minimum Gasteiger partial charge on any atom is -0.212 e. The lowest BCUT2D eigenvalue weighted by molar-refractivity contribution is 0.701. The van der Waals surface area contributed by atoms with Crippen LogP contribution in [0.3, 0.4) is 0 Å². The minimum atomic E-state index is 0.378. The Morgan fingerprint density at radius 1 is 1.36 bits per heavy atom. The van der Waals surface area contributed by atoms with Crippen molar-refractivity contribution in [3.05, 3.63) is 34.9 Å². The minimum absolute atomic E-state index is 0.378.